The summed E-state index contributed by atoms with van der Waals surface area (Å²) >= 11 is 4.84. The summed E-state index contributed by atoms with van der Waals surface area (Å²) in [4.78, 5) is 27.7. The van der Waals surface area contributed by atoms with Crippen molar-refractivity contribution in [1.29, 1.82) is 0 Å². The molecule has 0 radical (unpaired) electrons. The number of benzene rings is 1. The van der Waals surface area contributed by atoms with Crippen LogP contribution in [0.1, 0.15) is 36.2 Å². The molecule has 0 bridgehead atoms. The number of unbranched alkanes of at least 4 members (excludes halogenated alkanes) is 1. The molecule has 1 N–H and O–H groups in total. The van der Waals surface area contributed by atoms with Gasteiger partial charge in [0.15, 0.2) is 0 Å². The fourth-order valence-electron chi connectivity index (χ4n) is 2.95. The van der Waals surface area contributed by atoms with Gasteiger partial charge in [0, 0.05) is 21.5 Å². The Bertz CT molecular complexity index is 812. The van der Waals surface area contributed by atoms with Crippen molar-refractivity contribution in [2.75, 3.05) is 6.54 Å². The highest BCUT2D eigenvalue weighted by Crippen LogP contribution is 2.41. The van der Waals surface area contributed by atoms with E-state index in [1.165, 1.54) is 11.3 Å². The molecule has 1 aliphatic heterocycles. The van der Waals surface area contributed by atoms with Gasteiger partial charge in [-0.25, -0.2) is 0 Å². The Hall–Kier alpha value is -1.92. The second-order valence-corrected chi connectivity index (χ2v) is 7.76. The first-order chi connectivity index (χ1) is 12.0. The zero-order valence-corrected chi connectivity index (χ0v) is 16.1. The second-order valence-electron chi connectivity index (χ2n) is 5.87. The molecule has 1 aromatic carbocycles. The van der Waals surface area contributed by atoms with Crippen LogP contribution in [-0.4, -0.2) is 28.2 Å². The lowest BCUT2D eigenvalue weighted by Gasteiger charge is -2.23. The minimum atomic E-state index is -0.616. The summed E-state index contributed by atoms with van der Waals surface area (Å²) in [5, 5.41) is 12.7. The Kier molecular flexibility index (Phi) is 5.39. The van der Waals surface area contributed by atoms with E-state index in [9.17, 15) is 14.7 Å². The van der Waals surface area contributed by atoms with Gasteiger partial charge in [-0.3, -0.25) is 9.59 Å². The molecule has 0 aliphatic carbocycles. The first kappa shape index (κ1) is 17.9. The van der Waals surface area contributed by atoms with E-state index in [4.69, 9.17) is 0 Å². The summed E-state index contributed by atoms with van der Waals surface area (Å²) in [6.45, 7) is 2.54. The first-order valence-electron chi connectivity index (χ1n) is 8.12. The van der Waals surface area contributed by atoms with Crippen molar-refractivity contribution in [3.63, 3.8) is 0 Å². The van der Waals surface area contributed by atoms with Gasteiger partial charge >= 0.3 is 0 Å². The van der Waals surface area contributed by atoms with Crippen molar-refractivity contribution >= 4 is 44.7 Å². The van der Waals surface area contributed by atoms with Gasteiger partial charge in [0.2, 0.25) is 0 Å². The summed E-state index contributed by atoms with van der Waals surface area (Å²) < 4.78 is 0.877. The lowest BCUT2D eigenvalue weighted by molar-refractivity contribution is -0.139. The number of rotatable bonds is 5. The zero-order chi connectivity index (χ0) is 18.0. The molecule has 2 aromatic rings. The molecule has 3 rings (SSSR count). The average Bonchev–Trinajstić information content (AvgIpc) is 3.21. The lowest BCUT2D eigenvalue weighted by Crippen LogP contribution is -2.30. The number of carbonyl (C=O) groups is 2. The average molecular weight is 420 g/mol. The van der Waals surface area contributed by atoms with Crippen LogP contribution in [0.25, 0.3) is 5.76 Å². The molecule has 130 valence electrons. The van der Waals surface area contributed by atoms with Crippen molar-refractivity contribution in [3.05, 3.63) is 62.3 Å². The third-order valence-corrected chi connectivity index (χ3v) is 5.68. The zero-order valence-electron chi connectivity index (χ0n) is 13.7. The van der Waals surface area contributed by atoms with E-state index in [1.807, 2.05) is 24.4 Å². The summed E-state index contributed by atoms with van der Waals surface area (Å²) in [6, 6.07) is 10.3. The number of nitrogens with zero attached hydrogens (tertiary/aromatic N) is 1. The van der Waals surface area contributed by atoms with E-state index < -0.39 is 17.7 Å². The summed E-state index contributed by atoms with van der Waals surface area (Å²) in [7, 11) is 0. The Balaban J connectivity index is 2.11. The minimum Gasteiger partial charge on any atom is -0.507 e. The van der Waals surface area contributed by atoms with Gasteiger partial charge in [0.25, 0.3) is 11.7 Å². The van der Waals surface area contributed by atoms with Crippen molar-refractivity contribution in [2.45, 2.75) is 25.8 Å². The predicted molar refractivity (Wildman–Crippen MR) is 102 cm³/mol. The van der Waals surface area contributed by atoms with Crippen LogP contribution in [0.15, 0.2) is 51.8 Å². The Morgan fingerprint density at radius 3 is 2.56 bits per heavy atom. The summed E-state index contributed by atoms with van der Waals surface area (Å²) in [6.07, 6.45) is 1.74. The maximum Gasteiger partial charge on any atom is 0.295 e. The number of hydrogen-bond acceptors (Lipinski definition) is 4. The van der Waals surface area contributed by atoms with E-state index in [0.717, 1.165) is 22.2 Å². The third kappa shape index (κ3) is 3.41. The minimum absolute atomic E-state index is 0.122. The van der Waals surface area contributed by atoms with E-state index in [2.05, 4.69) is 15.9 Å². The van der Waals surface area contributed by atoms with Crippen LogP contribution >= 0.6 is 27.3 Å². The third-order valence-electron chi connectivity index (χ3n) is 4.22. The van der Waals surface area contributed by atoms with Crippen LogP contribution in [0.4, 0.5) is 0 Å². The quantitative estimate of drug-likeness (QED) is 0.432. The smallest absolute Gasteiger partial charge is 0.295 e. The molecular formula is C19H18BrNO3S. The monoisotopic (exact) mass is 419 g/mol. The Morgan fingerprint density at radius 2 is 1.96 bits per heavy atom. The van der Waals surface area contributed by atoms with Crippen molar-refractivity contribution in [3.8, 4) is 0 Å². The molecule has 0 spiro atoms. The standard InChI is InChI=1S/C19H18BrNO3S/c1-2-3-10-21-16(14-5-4-11-25-14)15(18(23)19(21)24)17(22)12-6-8-13(20)9-7-12/h4-9,11,16,22H,2-3,10H2,1H3/b17-15-. The fourth-order valence-corrected chi connectivity index (χ4v) is 4.05. The molecule has 1 atom stereocenters. The number of ketones is 1. The number of aliphatic hydroxyl groups is 1. The number of likely N-dealkylation sites (tertiary alicyclic amines) is 1. The van der Waals surface area contributed by atoms with Gasteiger partial charge in [-0.05, 0) is 30.0 Å². The van der Waals surface area contributed by atoms with E-state index in [0.29, 0.717) is 12.1 Å². The number of hydrogen-bond donors (Lipinski definition) is 1. The van der Waals surface area contributed by atoms with E-state index in [1.54, 1.807) is 29.2 Å². The Labute approximate surface area is 158 Å². The summed E-state index contributed by atoms with van der Waals surface area (Å²) in [5.41, 5.74) is 0.698. The van der Waals surface area contributed by atoms with Crippen molar-refractivity contribution in [1.82, 2.24) is 4.90 Å². The molecule has 6 heteroatoms. The maximum absolute atomic E-state index is 12.7. The van der Waals surface area contributed by atoms with E-state index >= 15 is 0 Å². The molecule has 1 aromatic heterocycles. The second kappa shape index (κ2) is 7.54. The lowest BCUT2D eigenvalue weighted by atomic mass is 10.00. The van der Waals surface area contributed by atoms with Crippen LogP contribution in [0.5, 0.6) is 0 Å². The largest absolute Gasteiger partial charge is 0.507 e. The normalized spacial score (nSPS) is 19.6. The van der Waals surface area contributed by atoms with Crippen molar-refractivity contribution in [2.24, 2.45) is 0 Å². The van der Waals surface area contributed by atoms with Gasteiger partial charge < -0.3 is 10.0 Å². The Morgan fingerprint density at radius 1 is 1.24 bits per heavy atom. The fraction of sp³-hybridized carbons (Fsp3) is 0.263. The predicted octanol–water partition coefficient (Wildman–Crippen LogP) is 4.73. The first-order valence-corrected chi connectivity index (χ1v) is 9.79. The van der Waals surface area contributed by atoms with Gasteiger partial charge in [-0.2, -0.15) is 0 Å². The molecule has 1 aliphatic rings. The highest BCUT2D eigenvalue weighted by Gasteiger charge is 2.46. The molecule has 1 amide bonds. The molecule has 4 nitrogen and oxygen atoms in total. The number of halogens is 1. The van der Waals surface area contributed by atoms with Crippen LogP contribution in [0, 0.1) is 0 Å². The van der Waals surface area contributed by atoms with Crippen LogP contribution in [0.3, 0.4) is 0 Å². The number of thiophene rings is 1. The van der Waals surface area contributed by atoms with Crippen molar-refractivity contribution < 1.29 is 14.7 Å². The highest BCUT2D eigenvalue weighted by molar-refractivity contribution is 9.10. The van der Waals surface area contributed by atoms with Gasteiger partial charge in [0.1, 0.15) is 5.76 Å². The van der Waals surface area contributed by atoms with Gasteiger partial charge in [-0.1, -0.05) is 47.5 Å². The summed E-state index contributed by atoms with van der Waals surface area (Å²) in [5.74, 6) is -1.27. The van der Waals surface area contributed by atoms with Crippen LogP contribution < -0.4 is 0 Å². The maximum atomic E-state index is 12.7. The van der Waals surface area contributed by atoms with Crippen LogP contribution in [-0.2, 0) is 9.59 Å². The van der Waals surface area contributed by atoms with Gasteiger partial charge in [-0.15, -0.1) is 11.3 Å². The topological polar surface area (TPSA) is 57.6 Å². The number of Topliss-reactive ketones (excluding diaryl/α,β-unsaturated/α-hetero) is 1. The van der Waals surface area contributed by atoms with Gasteiger partial charge in [0.05, 0.1) is 11.6 Å². The van der Waals surface area contributed by atoms with Crippen LogP contribution in [0.2, 0.25) is 0 Å². The molecule has 0 saturated carbocycles. The highest BCUT2D eigenvalue weighted by atomic mass is 79.9. The SMILES string of the molecule is CCCCN1C(=O)C(=O)/C(=C(\O)c2ccc(Br)cc2)C1c1cccs1. The molecule has 1 unspecified atom stereocenters. The number of amides is 1. The molecule has 2 heterocycles. The molecule has 1 saturated heterocycles. The van der Waals surface area contributed by atoms with E-state index in [-0.39, 0.29) is 11.3 Å². The number of carbonyl (C=O) groups excluding carboxylic acids is 2. The molecule has 25 heavy (non-hydrogen) atoms. The molecule has 1 fully saturated rings. The molecular weight excluding hydrogens is 402 g/mol. The number of aliphatic hydroxyl groups excluding tert-OH is 1.